The summed E-state index contributed by atoms with van der Waals surface area (Å²) >= 11 is 15.5. The molecule has 1 aliphatic carbocycles. The molecule has 5 nitrogen and oxygen atoms in total. The molecule has 0 bridgehead atoms. The Balaban J connectivity index is 0.000000165. The fraction of sp³-hybridized carbons (Fsp3) is 0.417. The molecule has 2 N–H and O–H groups in total. The maximum atomic E-state index is 11.3. The van der Waals surface area contributed by atoms with Crippen LogP contribution in [0.15, 0.2) is 28.7 Å². The maximum absolute atomic E-state index is 11.3. The molecule has 0 radical (unpaired) electrons. The Morgan fingerprint density at radius 1 is 0.844 bits per heavy atom. The van der Waals surface area contributed by atoms with Crippen LogP contribution in [0.1, 0.15) is 55.2 Å². The maximum Gasteiger partial charge on any atom is 0.224 e. The van der Waals surface area contributed by atoms with Crippen LogP contribution in [0, 0.1) is 0 Å². The predicted molar refractivity (Wildman–Crippen MR) is 132 cm³/mol. The van der Waals surface area contributed by atoms with Crippen molar-refractivity contribution in [1.82, 2.24) is 0 Å². The summed E-state index contributed by atoms with van der Waals surface area (Å²) in [5, 5.41) is 6.95. The van der Waals surface area contributed by atoms with Gasteiger partial charge in [-0.1, -0.05) is 36.0 Å². The quantitative estimate of drug-likeness (QED) is 0.457. The molecule has 2 aromatic carbocycles. The molecule has 2 aromatic rings. The van der Waals surface area contributed by atoms with E-state index < -0.39 is 0 Å². The summed E-state index contributed by atoms with van der Waals surface area (Å²) in [6, 6.07) is 7.66. The lowest BCUT2D eigenvalue weighted by Crippen LogP contribution is -2.19. The Labute approximate surface area is 206 Å². The number of nitrogens with one attached hydrogen (secondary N) is 2. The average Bonchev–Trinajstić information content (AvgIpc) is 3.27. The summed E-state index contributed by atoms with van der Waals surface area (Å²) in [4.78, 5) is 22.4. The number of rotatable bonds is 3. The lowest BCUT2D eigenvalue weighted by atomic mass is 10.0. The van der Waals surface area contributed by atoms with Gasteiger partial charge in [-0.25, -0.2) is 0 Å². The van der Waals surface area contributed by atoms with Crippen LogP contribution < -0.4 is 10.6 Å². The van der Waals surface area contributed by atoms with E-state index in [0.717, 1.165) is 45.4 Å². The van der Waals surface area contributed by atoms with E-state index in [1.54, 1.807) is 6.07 Å². The van der Waals surface area contributed by atoms with Crippen LogP contribution in [0.4, 0.5) is 11.4 Å². The van der Waals surface area contributed by atoms with Gasteiger partial charge in [0.1, 0.15) is 0 Å². The van der Waals surface area contributed by atoms with Gasteiger partial charge in [-0.2, -0.15) is 0 Å². The van der Waals surface area contributed by atoms with Crippen LogP contribution in [0.5, 0.6) is 0 Å². The minimum Gasteiger partial charge on any atom is -0.373 e. The number of hydrogen-bond donors (Lipinski definition) is 2. The first-order chi connectivity index (χ1) is 15.4. The second-order valence-electron chi connectivity index (χ2n) is 8.34. The number of carbonyl (C=O) groups is 2. The van der Waals surface area contributed by atoms with Crippen molar-refractivity contribution < 1.29 is 14.3 Å². The summed E-state index contributed by atoms with van der Waals surface area (Å²) < 4.78 is 6.79. The summed E-state index contributed by atoms with van der Waals surface area (Å²) in [5.41, 5.74) is 5.02. The SMILES string of the molecule is O=C1CCc2cc(Br)c(Cl)cc2N1.O=C1CCc2cc(COC3CCCC3)c(Cl)cc2N1. The van der Waals surface area contributed by atoms with Crippen LogP contribution >= 0.6 is 39.1 Å². The monoisotopic (exact) mass is 538 g/mol. The highest BCUT2D eigenvalue weighted by molar-refractivity contribution is 9.10. The Hall–Kier alpha value is -1.60. The Morgan fingerprint density at radius 3 is 2.03 bits per heavy atom. The average molecular weight is 540 g/mol. The van der Waals surface area contributed by atoms with E-state index in [-0.39, 0.29) is 11.8 Å². The zero-order valence-corrected chi connectivity index (χ0v) is 20.7. The first kappa shape index (κ1) is 23.6. The molecule has 0 unspecified atom stereocenters. The summed E-state index contributed by atoms with van der Waals surface area (Å²) in [7, 11) is 0. The predicted octanol–water partition coefficient (Wildman–Crippen LogP) is 6.67. The van der Waals surface area contributed by atoms with Crippen molar-refractivity contribution >= 4 is 62.3 Å². The largest absolute Gasteiger partial charge is 0.373 e. The van der Waals surface area contributed by atoms with Crippen LogP contribution in [-0.2, 0) is 33.8 Å². The van der Waals surface area contributed by atoms with E-state index in [0.29, 0.717) is 35.6 Å². The van der Waals surface area contributed by atoms with Gasteiger partial charge in [0, 0.05) is 33.7 Å². The number of benzene rings is 2. The zero-order chi connectivity index (χ0) is 22.7. The molecule has 0 saturated heterocycles. The van der Waals surface area contributed by atoms with Crippen molar-refractivity contribution in [3.63, 3.8) is 0 Å². The number of ether oxygens (including phenoxy) is 1. The third kappa shape index (κ3) is 5.84. The van der Waals surface area contributed by atoms with Gasteiger partial charge in [0.2, 0.25) is 11.8 Å². The number of aryl methyl sites for hydroxylation is 2. The Morgan fingerprint density at radius 2 is 1.41 bits per heavy atom. The molecule has 32 heavy (non-hydrogen) atoms. The fourth-order valence-corrected chi connectivity index (χ4v) is 4.97. The second-order valence-corrected chi connectivity index (χ2v) is 10.0. The smallest absolute Gasteiger partial charge is 0.224 e. The summed E-state index contributed by atoms with van der Waals surface area (Å²) in [6.07, 6.45) is 7.96. The van der Waals surface area contributed by atoms with Crippen LogP contribution in [-0.4, -0.2) is 17.9 Å². The number of amides is 2. The van der Waals surface area contributed by atoms with Gasteiger partial charge in [0.05, 0.1) is 17.7 Å². The van der Waals surface area contributed by atoms with Crippen molar-refractivity contribution in [3.05, 3.63) is 55.5 Å². The van der Waals surface area contributed by atoms with Gasteiger partial charge in [-0.3, -0.25) is 9.59 Å². The van der Waals surface area contributed by atoms with Crippen molar-refractivity contribution in [2.75, 3.05) is 10.6 Å². The van der Waals surface area contributed by atoms with Crippen LogP contribution in [0.25, 0.3) is 0 Å². The van der Waals surface area contributed by atoms with E-state index in [1.807, 2.05) is 12.1 Å². The van der Waals surface area contributed by atoms with Gasteiger partial charge in [-0.15, -0.1) is 0 Å². The highest BCUT2D eigenvalue weighted by Crippen LogP contribution is 2.32. The molecule has 0 atom stereocenters. The molecule has 0 aromatic heterocycles. The Kier molecular flexibility index (Phi) is 7.77. The van der Waals surface area contributed by atoms with Crippen molar-refractivity contribution in [3.8, 4) is 0 Å². The number of anilines is 2. The minimum absolute atomic E-state index is 0.0610. The molecule has 5 rings (SSSR count). The van der Waals surface area contributed by atoms with Gasteiger partial charge >= 0.3 is 0 Å². The number of hydrogen-bond acceptors (Lipinski definition) is 3. The molecule has 0 spiro atoms. The van der Waals surface area contributed by atoms with Crippen molar-refractivity contribution in [2.24, 2.45) is 0 Å². The topological polar surface area (TPSA) is 67.4 Å². The Bertz CT molecular complexity index is 1040. The molecule has 2 amide bonds. The number of fused-ring (bicyclic) bond motifs is 2. The standard InChI is InChI=1S/C15H18ClNO2.C9H7BrClNO/c16-13-8-14-10(5-6-15(18)17-14)7-11(13)9-19-12-3-1-2-4-12;10-6-3-5-1-2-9(13)12-8(5)4-7(6)11/h7-8,12H,1-6,9H2,(H,17,18);3-4H,1-2H2,(H,12,13). The number of carbonyl (C=O) groups excluding carboxylic acids is 2. The van der Waals surface area contributed by atoms with Gasteiger partial charge in [0.25, 0.3) is 0 Å². The van der Waals surface area contributed by atoms with Crippen molar-refractivity contribution in [1.29, 1.82) is 0 Å². The normalized spacial score (nSPS) is 17.6. The van der Waals surface area contributed by atoms with Gasteiger partial charge in [-0.05, 0) is 82.6 Å². The van der Waals surface area contributed by atoms with E-state index in [1.165, 1.54) is 25.7 Å². The molecule has 8 heteroatoms. The van der Waals surface area contributed by atoms with Crippen LogP contribution in [0.2, 0.25) is 10.0 Å². The molecular weight excluding hydrogens is 515 g/mol. The van der Waals surface area contributed by atoms with E-state index in [4.69, 9.17) is 27.9 Å². The highest BCUT2D eigenvalue weighted by atomic mass is 79.9. The van der Waals surface area contributed by atoms with Gasteiger partial charge < -0.3 is 15.4 Å². The third-order valence-corrected chi connectivity index (χ3v) is 7.53. The minimum atomic E-state index is 0.0610. The lowest BCUT2D eigenvalue weighted by molar-refractivity contribution is -0.117. The summed E-state index contributed by atoms with van der Waals surface area (Å²) in [6.45, 7) is 0.574. The van der Waals surface area contributed by atoms with E-state index in [9.17, 15) is 9.59 Å². The first-order valence-electron chi connectivity index (χ1n) is 10.9. The molecule has 1 fully saturated rings. The lowest BCUT2D eigenvalue weighted by Gasteiger charge is -2.19. The summed E-state index contributed by atoms with van der Waals surface area (Å²) in [5.74, 6) is 0.129. The second kappa shape index (κ2) is 10.6. The van der Waals surface area contributed by atoms with Crippen LogP contribution in [0.3, 0.4) is 0 Å². The first-order valence-corrected chi connectivity index (χ1v) is 12.4. The molecular formula is C24H25BrCl2N2O3. The molecule has 2 aliphatic heterocycles. The van der Waals surface area contributed by atoms with E-state index >= 15 is 0 Å². The van der Waals surface area contributed by atoms with E-state index in [2.05, 4.69) is 32.6 Å². The van der Waals surface area contributed by atoms with Gasteiger partial charge in [0.15, 0.2) is 0 Å². The third-order valence-electron chi connectivity index (χ3n) is 5.99. The fourth-order valence-electron chi connectivity index (χ4n) is 4.20. The zero-order valence-electron chi connectivity index (χ0n) is 17.6. The van der Waals surface area contributed by atoms with Crippen molar-refractivity contribution in [2.45, 2.75) is 64.1 Å². The molecule has 170 valence electrons. The molecule has 1 saturated carbocycles. The molecule has 2 heterocycles. The number of halogens is 3. The highest BCUT2D eigenvalue weighted by Gasteiger charge is 2.19. The molecule has 3 aliphatic rings.